The van der Waals surface area contributed by atoms with Gasteiger partial charge in [0, 0.05) is 6.07 Å². The highest BCUT2D eigenvalue weighted by atomic mass is 32.2. The van der Waals surface area contributed by atoms with Gasteiger partial charge in [0.2, 0.25) is 11.8 Å². The van der Waals surface area contributed by atoms with Gasteiger partial charge >= 0.3 is 0 Å². The number of amides is 1. The summed E-state index contributed by atoms with van der Waals surface area (Å²) < 4.78 is 5.67. The molecule has 0 aliphatic rings. The van der Waals surface area contributed by atoms with Gasteiger partial charge in [-0.2, -0.15) is 0 Å². The van der Waals surface area contributed by atoms with E-state index in [-0.39, 0.29) is 11.2 Å². The van der Waals surface area contributed by atoms with Gasteiger partial charge in [0.15, 0.2) is 4.34 Å². The Balaban J connectivity index is 1.91. The Kier molecular flexibility index (Phi) is 3.75. The SMILES string of the molecule is Cc1cc(NC(=O)C(C)Sc2nncs2)on1. The number of hydrogen-bond donors (Lipinski definition) is 1. The average molecular weight is 270 g/mol. The standard InChI is InChI=1S/C9H10N4O2S2/c1-5-3-7(15-13-5)11-8(14)6(2)17-9-12-10-4-16-9/h3-4,6H,1-2H3,(H,11,14). The third-order valence-corrected chi connectivity index (χ3v) is 3.77. The minimum absolute atomic E-state index is 0.152. The van der Waals surface area contributed by atoms with E-state index in [9.17, 15) is 4.79 Å². The summed E-state index contributed by atoms with van der Waals surface area (Å²) >= 11 is 2.76. The molecule has 1 N–H and O–H groups in total. The molecule has 1 amide bonds. The largest absolute Gasteiger partial charge is 0.338 e. The molecule has 8 heteroatoms. The van der Waals surface area contributed by atoms with Crippen LogP contribution in [0.2, 0.25) is 0 Å². The van der Waals surface area contributed by atoms with E-state index in [0.29, 0.717) is 5.88 Å². The fraction of sp³-hybridized carbons (Fsp3) is 0.333. The third kappa shape index (κ3) is 3.27. The second kappa shape index (κ2) is 5.28. The molecule has 0 fully saturated rings. The van der Waals surface area contributed by atoms with Crippen molar-refractivity contribution in [3.63, 3.8) is 0 Å². The second-order valence-corrected chi connectivity index (χ2v) is 5.71. The second-order valence-electron chi connectivity index (χ2n) is 3.29. The van der Waals surface area contributed by atoms with Gasteiger partial charge in [-0.15, -0.1) is 10.2 Å². The maximum absolute atomic E-state index is 11.8. The van der Waals surface area contributed by atoms with E-state index < -0.39 is 0 Å². The summed E-state index contributed by atoms with van der Waals surface area (Å²) in [7, 11) is 0. The Morgan fingerprint density at radius 1 is 1.65 bits per heavy atom. The maximum atomic E-state index is 11.8. The fourth-order valence-corrected chi connectivity index (χ4v) is 2.69. The summed E-state index contributed by atoms with van der Waals surface area (Å²) in [5, 5.41) is 13.6. The van der Waals surface area contributed by atoms with Crippen LogP contribution in [0.1, 0.15) is 12.6 Å². The molecular formula is C9H10N4O2S2. The molecule has 1 unspecified atom stereocenters. The molecule has 17 heavy (non-hydrogen) atoms. The van der Waals surface area contributed by atoms with Gasteiger partial charge in [0.1, 0.15) is 5.51 Å². The number of aryl methyl sites for hydroxylation is 1. The first-order valence-electron chi connectivity index (χ1n) is 4.82. The average Bonchev–Trinajstić information content (AvgIpc) is 2.90. The molecule has 0 aromatic carbocycles. The van der Waals surface area contributed by atoms with Crippen LogP contribution in [0.25, 0.3) is 0 Å². The molecular weight excluding hydrogens is 260 g/mol. The van der Waals surface area contributed by atoms with Gasteiger partial charge in [-0.25, -0.2) is 0 Å². The molecule has 2 heterocycles. The Morgan fingerprint density at radius 3 is 3.06 bits per heavy atom. The first-order valence-corrected chi connectivity index (χ1v) is 6.58. The Morgan fingerprint density at radius 2 is 2.47 bits per heavy atom. The minimum Gasteiger partial charge on any atom is -0.338 e. The highest BCUT2D eigenvalue weighted by molar-refractivity contribution is 8.02. The molecule has 0 bridgehead atoms. The van der Waals surface area contributed by atoms with Crippen LogP contribution in [-0.2, 0) is 4.79 Å². The number of carbonyl (C=O) groups is 1. The normalized spacial score (nSPS) is 12.4. The number of aromatic nitrogens is 3. The van der Waals surface area contributed by atoms with Crippen molar-refractivity contribution in [1.29, 1.82) is 0 Å². The van der Waals surface area contributed by atoms with Crippen LogP contribution in [0.4, 0.5) is 5.88 Å². The van der Waals surface area contributed by atoms with E-state index in [1.165, 1.54) is 23.1 Å². The number of anilines is 1. The number of rotatable bonds is 4. The van der Waals surface area contributed by atoms with Crippen LogP contribution in [0, 0.1) is 6.92 Å². The Labute approximate surface area is 106 Å². The summed E-state index contributed by atoms with van der Waals surface area (Å²) in [5.41, 5.74) is 2.36. The molecule has 0 aliphatic heterocycles. The minimum atomic E-state index is -0.270. The van der Waals surface area contributed by atoms with Crippen LogP contribution in [0.3, 0.4) is 0 Å². The Bertz CT molecular complexity index is 497. The zero-order valence-corrected chi connectivity index (χ0v) is 10.8. The first-order chi connectivity index (χ1) is 8.15. The molecule has 0 aliphatic carbocycles. The number of hydrogen-bond acceptors (Lipinski definition) is 7. The van der Waals surface area contributed by atoms with Crippen LogP contribution in [0.15, 0.2) is 20.4 Å². The summed E-state index contributed by atoms with van der Waals surface area (Å²) in [6.07, 6.45) is 0. The molecule has 0 saturated carbocycles. The lowest BCUT2D eigenvalue weighted by Crippen LogP contribution is -2.22. The van der Waals surface area contributed by atoms with Crippen molar-refractivity contribution >= 4 is 34.9 Å². The van der Waals surface area contributed by atoms with Gasteiger partial charge in [-0.1, -0.05) is 28.3 Å². The lowest BCUT2D eigenvalue weighted by Gasteiger charge is -2.07. The van der Waals surface area contributed by atoms with Crippen molar-refractivity contribution in [2.45, 2.75) is 23.4 Å². The van der Waals surface area contributed by atoms with Crippen molar-refractivity contribution in [3.8, 4) is 0 Å². The van der Waals surface area contributed by atoms with Gasteiger partial charge < -0.3 is 4.52 Å². The van der Waals surface area contributed by atoms with Gasteiger partial charge in [0.05, 0.1) is 10.9 Å². The lowest BCUT2D eigenvalue weighted by atomic mass is 10.4. The van der Waals surface area contributed by atoms with Crippen LogP contribution in [-0.4, -0.2) is 26.5 Å². The summed E-state index contributed by atoms with van der Waals surface area (Å²) in [6.45, 7) is 3.59. The van der Waals surface area contributed by atoms with Gasteiger partial charge in [-0.05, 0) is 13.8 Å². The highest BCUT2D eigenvalue weighted by Gasteiger charge is 2.17. The smallest absolute Gasteiger partial charge is 0.240 e. The maximum Gasteiger partial charge on any atom is 0.240 e. The monoisotopic (exact) mass is 270 g/mol. The molecule has 0 radical (unpaired) electrons. The third-order valence-electron chi connectivity index (χ3n) is 1.86. The highest BCUT2D eigenvalue weighted by Crippen LogP contribution is 2.25. The summed E-state index contributed by atoms with van der Waals surface area (Å²) in [4.78, 5) is 11.8. The van der Waals surface area contributed by atoms with E-state index >= 15 is 0 Å². The number of nitrogens with zero attached hydrogens (tertiary/aromatic N) is 3. The van der Waals surface area contributed by atoms with Crippen LogP contribution in [0.5, 0.6) is 0 Å². The van der Waals surface area contributed by atoms with E-state index in [1.54, 1.807) is 25.4 Å². The molecule has 0 saturated heterocycles. The number of nitrogens with one attached hydrogen (secondary N) is 1. The molecule has 1 atom stereocenters. The molecule has 2 aromatic rings. The molecule has 0 spiro atoms. The number of thioether (sulfide) groups is 1. The molecule has 6 nitrogen and oxygen atoms in total. The van der Waals surface area contributed by atoms with E-state index in [2.05, 4.69) is 20.7 Å². The molecule has 2 aromatic heterocycles. The lowest BCUT2D eigenvalue weighted by molar-refractivity contribution is -0.115. The van der Waals surface area contributed by atoms with E-state index in [4.69, 9.17) is 4.52 Å². The quantitative estimate of drug-likeness (QED) is 0.855. The predicted octanol–water partition coefficient (Wildman–Crippen LogP) is 1.95. The molecule has 90 valence electrons. The van der Waals surface area contributed by atoms with Crippen molar-refractivity contribution in [2.24, 2.45) is 0 Å². The van der Waals surface area contributed by atoms with E-state index in [0.717, 1.165) is 10.0 Å². The number of carbonyl (C=O) groups excluding carboxylic acids is 1. The zero-order chi connectivity index (χ0) is 12.3. The van der Waals surface area contributed by atoms with Crippen LogP contribution < -0.4 is 5.32 Å². The van der Waals surface area contributed by atoms with E-state index in [1.807, 2.05) is 0 Å². The van der Waals surface area contributed by atoms with Crippen molar-refractivity contribution in [1.82, 2.24) is 15.4 Å². The molecule has 2 rings (SSSR count). The van der Waals surface area contributed by atoms with Crippen LogP contribution >= 0.6 is 23.1 Å². The predicted molar refractivity (Wildman–Crippen MR) is 65.1 cm³/mol. The van der Waals surface area contributed by atoms with Crippen molar-refractivity contribution in [2.75, 3.05) is 5.32 Å². The van der Waals surface area contributed by atoms with Gasteiger partial charge in [0.25, 0.3) is 0 Å². The zero-order valence-electron chi connectivity index (χ0n) is 9.21. The topological polar surface area (TPSA) is 80.9 Å². The summed E-state index contributed by atoms with van der Waals surface area (Å²) in [5.74, 6) is 0.207. The fourth-order valence-electron chi connectivity index (χ4n) is 1.06. The summed E-state index contributed by atoms with van der Waals surface area (Å²) in [6, 6.07) is 1.67. The van der Waals surface area contributed by atoms with Gasteiger partial charge in [-0.3, -0.25) is 10.1 Å². The van der Waals surface area contributed by atoms with Crippen molar-refractivity contribution in [3.05, 3.63) is 17.3 Å². The Hall–Kier alpha value is -1.41. The van der Waals surface area contributed by atoms with Crippen molar-refractivity contribution < 1.29 is 9.32 Å². The first kappa shape index (κ1) is 12.1.